The van der Waals surface area contributed by atoms with Crippen molar-refractivity contribution in [2.45, 2.75) is 25.4 Å². The predicted molar refractivity (Wildman–Crippen MR) is 105 cm³/mol. The molecule has 8 nitrogen and oxygen atoms in total. The minimum atomic E-state index is -0.469. The van der Waals surface area contributed by atoms with Crippen LogP contribution < -0.4 is 10.1 Å². The lowest BCUT2D eigenvalue weighted by molar-refractivity contribution is -0.138. The molecule has 2 aromatic rings. The van der Waals surface area contributed by atoms with Crippen LogP contribution in [0.25, 0.3) is 0 Å². The second kappa shape index (κ2) is 9.36. The monoisotopic (exact) mass is 385 g/mol. The molecule has 1 aliphatic rings. The zero-order valence-corrected chi connectivity index (χ0v) is 16.4. The molecule has 1 atom stereocenters. The number of carbonyl (C=O) groups excluding carboxylic acids is 2. The Hall–Kier alpha value is -2.87. The number of hydrogen-bond acceptors (Lipinski definition) is 5. The molecule has 1 aromatic carbocycles. The quantitative estimate of drug-likeness (QED) is 0.702. The average molecular weight is 385 g/mol. The first kappa shape index (κ1) is 19.9. The summed E-state index contributed by atoms with van der Waals surface area (Å²) < 4.78 is 5.28. The molecule has 28 heavy (non-hydrogen) atoms. The smallest absolute Gasteiger partial charge is 0.237 e. The molecule has 0 bridgehead atoms. The molecule has 2 heterocycles. The van der Waals surface area contributed by atoms with Gasteiger partial charge in [-0.25, -0.2) is 0 Å². The van der Waals surface area contributed by atoms with E-state index in [1.54, 1.807) is 25.3 Å². The van der Waals surface area contributed by atoms with Crippen molar-refractivity contribution < 1.29 is 14.3 Å². The van der Waals surface area contributed by atoms with E-state index in [2.05, 4.69) is 20.4 Å². The van der Waals surface area contributed by atoms with Crippen molar-refractivity contribution in [3.63, 3.8) is 0 Å². The van der Waals surface area contributed by atoms with Crippen LogP contribution in [0.5, 0.6) is 5.75 Å². The van der Waals surface area contributed by atoms with Gasteiger partial charge in [-0.3, -0.25) is 19.6 Å². The maximum atomic E-state index is 12.7. The van der Waals surface area contributed by atoms with Crippen LogP contribution in [0.15, 0.2) is 36.7 Å². The van der Waals surface area contributed by atoms with Crippen LogP contribution in [0.3, 0.4) is 0 Å². The third kappa shape index (κ3) is 5.10. The summed E-state index contributed by atoms with van der Waals surface area (Å²) in [5.41, 5.74) is 2.11. The number of amides is 2. The van der Waals surface area contributed by atoms with E-state index >= 15 is 0 Å². The molecule has 1 aromatic heterocycles. The van der Waals surface area contributed by atoms with Crippen LogP contribution in [0, 0.1) is 0 Å². The Morgan fingerprint density at radius 2 is 2.25 bits per heavy atom. The van der Waals surface area contributed by atoms with Crippen molar-refractivity contribution in [1.29, 1.82) is 0 Å². The molecule has 3 rings (SSSR count). The first-order valence-electron chi connectivity index (χ1n) is 9.43. The van der Waals surface area contributed by atoms with Gasteiger partial charge >= 0.3 is 0 Å². The van der Waals surface area contributed by atoms with E-state index in [1.807, 2.05) is 30.5 Å². The van der Waals surface area contributed by atoms with E-state index in [0.29, 0.717) is 26.2 Å². The fourth-order valence-corrected chi connectivity index (χ4v) is 3.34. The zero-order valence-electron chi connectivity index (χ0n) is 16.4. The summed E-state index contributed by atoms with van der Waals surface area (Å²) in [5, 5.41) is 9.56. The van der Waals surface area contributed by atoms with Gasteiger partial charge in [-0.2, -0.15) is 5.10 Å². The minimum absolute atomic E-state index is 0.0406. The molecule has 0 saturated carbocycles. The van der Waals surface area contributed by atoms with Gasteiger partial charge in [-0.05, 0) is 29.7 Å². The number of carbonyl (C=O) groups is 2. The Morgan fingerprint density at radius 3 is 3.00 bits per heavy atom. The maximum Gasteiger partial charge on any atom is 0.237 e. The minimum Gasteiger partial charge on any atom is -0.497 e. The van der Waals surface area contributed by atoms with E-state index in [9.17, 15) is 9.59 Å². The Labute approximate surface area is 164 Å². The van der Waals surface area contributed by atoms with Gasteiger partial charge in [0, 0.05) is 39.4 Å². The molecular weight excluding hydrogens is 358 g/mol. The molecule has 0 unspecified atom stereocenters. The van der Waals surface area contributed by atoms with E-state index in [4.69, 9.17) is 4.74 Å². The lowest BCUT2D eigenvalue weighted by Crippen LogP contribution is -2.56. The number of H-pyrrole nitrogens is 1. The van der Waals surface area contributed by atoms with Crippen molar-refractivity contribution in [3.05, 3.63) is 47.8 Å². The lowest BCUT2D eigenvalue weighted by Gasteiger charge is -2.35. The second-order valence-corrected chi connectivity index (χ2v) is 7.00. The highest BCUT2D eigenvalue weighted by Gasteiger charge is 2.32. The number of methoxy groups -OCH3 is 1. The fraction of sp³-hybridized carbons (Fsp3) is 0.450. The molecule has 1 aliphatic heterocycles. The van der Waals surface area contributed by atoms with Gasteiger partial charge in [0.1, 0.15) is 5.75 Å². The molecule has 2 amide bonds. The molecule has 1 saturated heterocycles. The predicted octanol–water partition coefficient (Wildman–Crippen LogP) is 0.810. The first-order chi connectivity index (χ1) is 13.6. The molecule has 0 radical (unpaired) electrons. The topological polar surface area (TPSA) is 90.6 Å². The van der Waals surface area contributed by atoms with Crippen LogP contribution in [0.1, 0.15) is 17.5 Å². The maximum absolute atomic E-state index is 12.7. The lowest BCUT2D eigenvalue weighted by atomic mass is 10.1. The molecule has 150 valence electrons. The number of piperazine rings is 1. The Morgan fingerprint density at radius 1 is 1.39 bits per heavy atom. The van der Waals surface area contributed by atoms with Gasteiger partial charge in [0.25, 0.3) is 0 Å². The average Bonchev–Trinajstić information content (AvgIpc) is 3.22. The van der Waals surface area contributed by atoms with Crippen molar-refractivity contribution in [1.82, 2.24) is 25.3 Å². The number of nitrogens with zero attached hydrogens (tertiary/aromatic N) is 3. The standard InChI is InChI=1S/C20H27N5O3/c1-24(8-6-16-12-22-23-13-16)19(26)11-18-20(27)21-7-9-25(18)14-15-4-3-5-17(10-15)28-2/h3-5,10,12-13,18H,6-9,11,14H2,1-2H3,(H,21,27)(H,22,23)/t18-/m0/s1. The van der Waals surface area contributed by atoms with Crippen molar-refractivity contribution >= 4 is 11.8 Å². The largest absolute Gasteiger partial charge is 0.497 e. The molecule has 0 spiro atoms. The summed E-state index contributed by atoms with van der Waals surface area (Å²) in [6, 6.07) is 7.32. The third-order valence-corrected chi connectivity index (χ3v) is 5.05. The number of rotatable bonds is 8. The van der Waals surface area contributed by atoms with Crippen LogP contribution in [-0.4, -0.2) is 71.6 Å². The van der Waals surface area contributed by atoms with Gasteiger partial charge < -0.3 is 15.0 Å². The number of aromatic nitrogens is 2. The number of likely N-dealkylation sites (N-methyl/N-ethyl adjacent to an activating group) is 1. The highest BCUT2D eigenvalue weighted by Crippen LogP contribution is 2.18. The van der Waals surface area contributed by atoms with E-state index in [-0.39, 0.29) is 18.2 Å². The number of benzene rings is 1. The fourth-order valence-electron chi connectivity index (χ4n) is 3.34. The summed E-state index contributed by atoms with van der Waals surface area (Å²) >= 11 is 0. The number of nitrogens with one attached hydrogen (secondary N) is 2. The van der Waals surface area contributed by atoms with E-state index in [1.165, 1.54) is 0 Å². The van der Waals surface area contributed by atoms with Gasteiger partial charge in [0.05, 0.1) is 25.8 Å². The molecule has 2 N–H and O–H groups in total. The van der Waals surface area contributed by atoms with Crippen LogP contribution >= 0.6 is 0 Å². The third-order valence-electron chi connectivity index (χ3n) is 5.05. The van der Waals surface area contributed by atoms with Crippen molar-refractivity contribution in [2.75, 3.05) is 33.8 Å². The van der Waals surface area contributed by atoms with Crippen LogP contribution in [0.2, 0.25) is 0 Å². The summed E-state index contributed by atoms with van der Waals surface area (Å²) in [6.07, 6.45) is 4.46. The Balaban J connectivity index is 1.61. The highest BCUT2D eigenvalue weighted by atomic mass is 16.5. The van der Waals surface area contributed by atoms with Gasteiger partial charge in [-0.15, -0.1) is 0 Å². The van der Waals surface area contributed by atoms with E-state index in [0.717, 1.165) is 23.3 Å². The SMILES string of the molecule is COc1cccc(CN2CCNC(=O)[C@@H]2CC(=O)N(C)CCc2cn[nH]c2)c1. The molecular formula is C20H27N5O3. The van der Waals surface area contributed by atoms with E-state index < -0.39 is 6.04 Å². The Bertz CT molecular complexity index is 793. The normalized spacial score (nSPS) is 17.2. The molecule has 0 aliphatic carbocycles. The zero-order chi connectivity index (χ0) is 19.9. The summed E-state index contributed by atoms with van der Waals surface area (Å²) in [7, 11) is 3.41. The van der Waals surface area contributed by atoms with Gasteiger partial charge in [0.2, 0.25) is 11.8 Å². The second-order valence-electron chi connectivity index (χ2n) is 7.00. The number of ether oxygens (including phenoxy) is 1. The molecule has 1 fully saturated rings. The van der Waals surface area contributed by atoms with Gasteiger partial charge in [0.15, 0.2) is 0 Å². The van der Waals surface area contributed by atoms with Crippen molar-refractivity contribution in [2.24, 2.45) is 0 Å². The Kier molecular flexibility index (Phi) is 6.65. The summed E-state index contributed by atoms with van der Waals surface area (Å²) in [6.45, 7) is 2.48. The summed E-state index contributed by atoms with van der Waals surface area (Å²) in [4.78, 5) is 28.9. The number of hydrogen-bond donors (Lipinski definition) is 2. The number of aromatic amines is 1. The first-order valence-corrected chi connectivity index (χ1v) is 9.43. The van der Waals surface area contributed by atoms with Crippen LogP contribution in [-0.2, 0) is 22.6 Å². The highest BCUT2D eigenvalue weighted by molar-refractivity contribution is 5.88. The van der Waals surface area contributed by atoms with Crippen molar-refractivity contribution in [3.8, 4) is 5.75 Å². The van der Waals surface area contributed by atoms with Gasteiger partial charge in [-0.1, -0.05) is 12.1 Å². The molecule has 8 heteroatoms. The van der Waals surface area contributed by atoms with Crippen LogP contribution in [0.4, 0.5) is 0 Å². The summed E-state index contributed by atoms with van der Waals surface area (Å²) in [5.74, 6) is 0.650.